The van der Waals surface area contributed by atoms with E-state index in [1.54, 1.807) is 12.1 Å². The Kier molecular flexibility index (Phi) is 4.01. The third-order valence-electron chi connectivity index (χ3n) is 2.43. The Morgan fingerprint density at radius 1 is 1.12 bits per heavy atom. The fraction of sp³-hybridized carbons (Fsp3) is 0.167. The Morgan fingerprint density at radius 2 is 1.82 bits per heavy atom. The molecule has 1 atom stereocenters. The summed E-state index contributed by atoms with van der Waals surface area (Å²) in [5.74, 6) is 0. The largest absolute Gasteiger partial charge is 0.384 e. The molecule has 0 radical (unpaired) electrons. The van der Waals surface area contributed by atoms with Gasteiger partial charge in [0.1, 0.15) is 10.4 Å². The first-order chi connectivity index (χ1) is 7.99. The normalized spacial score (nSPS) is 12.8. The zero-order chi connectivity index (χ0) is 12.6. The van der Waals surface area contributed by atoms with Crippen molar-refractivity contribution >= 4 is 46.1 Å². The molecule has 2 aromatic rings. The third kappa shape index (κ3) is 2.78. The van der Waals surface area contributed by atoms with Crippen LogP contribution in [0.15, 0.2) is 24.3 Å². The number of rotatable bonds is 2. The standard InChI is InChI=1S/C12H9Cl3OS/c1-6-2-3-7(9(13)4-6)11(16)8-5-10(14)17-12(8)15/h2-5,11,16H,1H3. The molecule has 17 heavy (non-hydrogen) atoms. The van der Waals surface area contributed by atoms with Crippen LogP contribution in [0.1, 0.15) is 22.8 Å². The quantitative estimate of drug-likeness (QED) is 0.818. The van der Waals surface area contributed by atoms with Crippen molar-refractivity contribution in [3.63, 3.8) is 0 Å². The minimum absolute atomic E-state index is 0.485. The summed E-state index contributed by atoms with van der Waals surface area (Å²) in [5, 5.41) is 10.8. The number of hydrogen-bond donors (Lipinski definition) is 1. The molecule has 0 saturated carbocycles. The number of aliphatic hydroxyl groups is 1. The van der Waals surface area contributed by atoms with Gasteiger partial charge in [0.2, 0.25) is 0 Å². The highest BCUT2D eigenvalue weighted by molar-refractivity contribution is 7.20. The van der Waals surface area contributed by atoms with Crippen LogP contribution in [0.2, 0.25) is 13.7 Å². The van der Waals surface area contributed by atoms with Gasteiger partial charge in [0, 0.05) is 16.1 Å². The molecule has 0 aliphatic carbocycles. The Morgan fingerprint density at radius 3 is 2.35 bits per heavy atom. The molecule has 90 valence electrons. The molecule has 1 heterocycles. The number of hydrogen-bond acceptors (Lipinski definition) is 2. The molecule has 0 bridgehead atoms. The second-order valence-corrected chi connectivity index (χ2v) is 6.40. The van der Waals surface area contributed by atoms with Crippen LogP contribution in [-0.4, -0.2) is 5.11 Å². The summed E-state index contributed by atoms with van der Waals surface area (Å²) >= 11 is 19.2. The molecule has 0 aliphatic heterocycles. The maximum atomic E-state index is 10.2. The van der Waals surface area contributed by atoms with E-state index in [2.05, 4.69) is 0 Å². The Bertz CT molecular complexity index is 551. The van der Waals surface area contributed by atoms with Gasteiger partial charge in [-0.05, 0) is 24.6 Å². The molecule has 0 aliphatic rings. The first kappa shape index (κ1) is 13.2. The van der Waals surface area contributed by atoms with Gasteiger partial charge in [0.05, 0.1) is 4.34 Å². The van der Waals surface area contributed by atoms with Gasteiger partial charge in [-0.25, -0.2) is 0 Å². The van der Waals surface area contributed by atoms with E-state index in [-0.39, 0.29) is 0 Å². The SMILES string of the molecule is Cc1ccc(C(O)c2cc(Cl)sc2Cl)c(Cl)c1. The molecule has 1 N–H and O–H groups in total. The predicted octanol–water partition coefficient (Wildman–Crippen LogP) is 5.10. The highest BCUT2D eigenvalue weighted by atomic mass is 35.5. The van der Waals surface area contributed by atoms with E-state index in [0.717, 1.165) is 5.56 Å². The first-order valence-corrected chi connectivity index (χ1v) is 6.83. The molecule has 1 aromatic carbocycles. The highest BCUT2D eigenvalue weighted by Gasteiger charge is 2.19. The van der Waals surface area contributed by atoms with Crippen molar-refractivity contribution in [2.45, 2.75) is 13.0 Å². The van der Waals surface area contributed by atoms with Gasteiger partial charge in [0.15, 0.2) is 0 Å². The molecule has 0 spiro atoms. The summed E-state index contributed by atoms with van der Waals surface area (Å²) in [6.45, 7) is 1.94. The summed E-state index contributed by atoms with van der Waals surface area (Å²) in [4.78, 5) is 0. The number of aliphatic hydroxyl groups excluding tert-OH is 1. The van der Waals surface area contributed by atoms with Gasteiger partial charge in [0.25, 0.3) is 0 Å². The van der Waals surface area contributed by atoms with Crippen LogP contribution in [0.4, 0.5) is 0 Å². The monoisotopic (exact) mass is 306 g/mol. The lowest BCUT2D eigenvalue weighted by atomic mass is 10.0. The van der Waals surface area contributed by atoms with Crippen molar-refractivity contribution in [2.24, 2.45) is 0 Å². The maximum absolute atomic E-state index is 10.2. The van der Waals surface area contributed by atoms with Crippen molar-refractivity contribution < 1.29 is 5.11 Å². The highest BCUT2D eigenvalue weighted by Crippen LogP contribution is 2.39. The zero-order valence-corrected chi connectivity index (χ0v) is 12.0. The van der Waals surface area contributed by atoms with Crippen LogP contribution >= 0.6 is 46.1 Å². The lowest BCUT2D eigenvalue weighted by molar-refractivity contribution is 0.221. The second kappa shape index (κ2) is 5.17. The minimum Gasteiger partial charge on any atom is -0.384 e. The molecule has 1 unspecified atom stereocenters. The number of benzene rings is 1. The molecule has 5 heteroatoms. The third-order valence-corrected chi connectivity index (χ3v) is 4.27. The smallest absolute Gasteiger partial charge is 0.108 e. The molecule has 0 fully saturated rings. The lowest BCUT2D eigenvalue weighted by Gasteiger charge is -2.12. The molecule has 1 aromatic heterocycles. The van der Waals surface area contributed by atoms with Gasteiger partial charge in [-0.2, -0.15) is 0 Å². The van der Waals surface area contributed by atoms with Crippen molar-refractivity contribution in [1.29, 1.82) is 0 Å². The average molecular weight is 308 g/mol. The summed E-state index contributed by atoms with van der Waals surface area (Å²) < 4.78 is 1.03. The summed E-state index contributed by atoms with van der Waals surface area (Å²) in [7, 11) is 0. The Labute approximate surface area is 119 Å². The Balaban J connectivity index is 2.43. The van der Waals surface area contributed by atoms with E-state index in [4.69, 9.17) is 34.8 Å². The lowest BCUT2D eigenvalue weighted by Crippen LogP contribution is -1.99. The fourth-order valence-corrected chi connectivity index (χ4v) is 3.42. The average Bonchev–Trinajstić information content (AvgIpc) is 2.57. The topological polar surface area (TPSA) is 20.2 Å². The molecule has 2 rings (SSSR count). The predicted molar refractivity (Wildman–Crippen MR) is 74.6 cm³/mol. The second-order valence-electron chi connectivity index (χ2n) is 3.71. The molecular formula is C12H9Cl3OS. The first-order valence-electron chi connectivity index (χ1n) is 4.88. The minimum atomic E-state index is -0.848. The van der Waals surface area contributed by atoms with Crippen molar-refractivity contribution in [1.82, 2.24) is 0 Å². The van der Waals surface area contributed by atoms with Crippen LogP contribution in [0.3, 0.4) is 0 Å². The molecular weight excluding hydrogens is 299 g/mol. The summed E-state index contributed by atoms with van der Waals surface area (Å²) in [6.07, 6.45) is -0.848. The van der Waals surface area contributed by atoms with Crippen LogP contribution in [0.25, 0.3) is 0 Å². The number of aryl methyl sites for hydroxylation is 1. The van der Waals surface area contributed by atoms with E-state index in [9.17, 15) is 5.11 Å². The van der Waals surface area contributed by atoms with Gasteiger partial charge in [-0.3, -0.25) is 0 Å². The van der Waals surface area contributed by atoms with E-state index in [0.29, 0.717) is 24.8 Å². The van der Waals surface area contributed by atoms with E-state index < -0.39 is 6.10 Å². The van der Waals surface area contributed by atoms with Gasteiger partial charge < -0.3 is 5.11 Å². The van der Waals surface area contributed by atoms with Gasteiger partial charge in [-0.1, -0.05) is 46.9 Å². The number of halogens is 3. The molecule has 0 saturated heterocycles. The van der Waals surface area contributed by atoms with E-state index in [1.165, 1.54) is 11.3 Å². The van der Waals surface area contributed by atoms with Crippen LogP contribution in [0, 0.1) is 6.92 Å². The van der Waals surface area contributed by atoms with Crippen molar-refractivity contribution in [2.75, 3.05) is 0 Å². The summed E-state index contributed by atoms with van der Waals surface area (Å²) in [5.41, 5.74) is 2.27. The van der Waals surface area contributed by atoms with Gasteiger partial charge in [-0.15, -0.1) is 11.3 Å². The van der Waals surface area contributed by atoms with E-state index >= 15 is 0 Å². The maximum Gasteiger partial charge on any atom is 0.108 e. The molecule has 0 amide bonds. The van der Waals surface area contributed by atoms with Gasteiger partial charge >= 0.3 is 0 Å². The van der Waals surface area contributed by atoms with Crippen LogP contribution < -0.4 is 0 Å². The summed E-state index contributed by atoms with van der Waals surface area (Å²) in [6, 6.07) is 7.16. The number of thiophene rings is 1. The zero-order valence-electron chi connectivity index (χ0n) is 8.88. The molecule has 1 nitrogen and oxygen atoms in total. The van der Waals surface area contributed by atoms with E-state index in [1.807, 2.05) is 19.1 Å². The van der Waals surface area contributed by atoms with Crippen molar-refractivity contribution in [3.05, 3.63) is 54.7 Å². The van der Waals surface area contributed by atoms with Crippen LogP contribution in [0.5, 0.6) is 0 Å². The van der Waals surface area contributed by atoms with Crippen LogP contribution in [-0.2, 0) is 0 Å². The fourth-order valence-electron chi connectivity index (χ4n) is 1.56. The van der Waals surface area contributed by atoms with Crippen molar-refractivity contribution in [3.8, 4) is 0 Å². The Hall–Kier alpha value is -0.250.